The molecule has 1 aliphatic heterocycles. The van der Waals surface area contributed by atoms with Crippen LogP contribution in [0.5, 0.6) is 11.5 Å². The molecule has 2 aromatic carbocycles. The minimum Gasteiger partial charge on any atom is -0.497 e. The molecular formula is C19H21NO3. The maximum absolute atomic E-state index is 13.0. The number of hydrogen-bond acceptors (Lipinski definition) is 3. The summed E-state index contributed by atoms with van der Waals surface area (Å²) >= 11 is 0. The van der Waals surface area contributed by atoms with Crippen LogP contribution < -0.4 is 9.47 Å². The first-order chi connectivity index (χ1) is 11.1. The van der Waals surface area contributed by atoms with Crippen molar-refractivity contribution in [1.29, 1.82) is 0 Å². The summed E-state index contributed by atoms with van der Waals surface area (Å²) in [4.78, 5) is 14.9. The van der Waals surface area contributed by atoms with Gasteiger partial charge in [-0.3, -0.25) is 4.79 Å². The van der Waals surface area contributed by atoms with Crippen molar-refractivity contribution >= 4 is 5.91 Å². The Bertz CT molecular complexity index is 704. The molecule has 1 amide bonds. The number of benzene rings is 2. The molecule has 0 saturated carbocycles. The van der Waals surface area contributed by atoms with Gasteiger partial charge in [0.05, 0.1) is 14.2 Å². The third-order valence-electron chi connectivity index (χ3n) is 4.37. The van der Waals surface area contributed by atoms with E-state index in [1.807, 2.05) is 11.0 Å². The molecule has 4 heteroatoms. The zero-order chi connectivity index (χ0) is 16.4. The fraction of sp³-hybridized carbons (Fsp3) is 0.316. The van der Waals surface area contributed by atoms with Gasteiger partial charge < -0.3 is 14.4 Å². The normalized spacial score (nSPS) is 16.7. The van der Waals surface area contributed by atoms with Crippen molar-refractivity contribution in [3.63, 3.8) is 0 Å². The number of fused-ring (bicyclic) bond motifs is 1. The smallest absolute Gasteiger partial charge is 0.254 e. The third kappa shape index (κ3) is 3.02. The van der Waals surface area contributed by atoms with Gasteiger partial charge in [-0.25, -0.2) is 0 Å². The summed E-state index contributed by atoms with van der Waals surface area (Å²) in [7, 11) is 3.17. The number of hydrogen-bond donors (Lipinski definition) is 0. The monoisotopic (exact) mass is 311 g/mol. The van der Waals surface area contributed by atoms with Crippen molar-refractivity contribution in [2.75, 3.05) is 14.2 Å². The van der Waals surface area contributed by atoms with E-state index in [0.717, 1.165) is 6.42 Å². The van der Waals surface area contributed by atoms with Crippen molar-refractivity contribution in [2.45, 2.75) is 25.9 Å². The van der Waals surface area contributed by atoms with Crippen LogP contribution in [-0.4, -0.2) is 31.1 Å². The van der Waals surface area contributed by atoms with E-state index >= 15 is 0 Å². The average molecular weight is 311 g/mol. The van der Waals surface area contributed by atoms with Crippen LogP contribution in [0.1, 0.15) is 28.4 Å². The van der Waals surface area contributed by atoms with Gasteiger partial charge in [-0.2, -0.15) is 0 Å². The van der Waals surface area contributed by atoms with Crippen LogP contribution in [-0.2, 0) is 13.0 Å². The number of rotatable bonds is 3. The summed E-state index contributed by atoms with van der Waals surface area (Å²) in [6, 6.07) is 13.8. The van der Waals surface area contributed by atoms with E-state index in [9.17, 15) is 4.79 Å². The highest BCUT2D eigenvalue weighted by Gasteiger charge is 2.27. The fourth-order valence-electron chi connectivity index (χ4n) is 3.05. The Morgan fingerprint density at radius 3 is 2.26 bits per heavy atom. The molecule has 1 unspecified atom stereocenters. The molecule has 1 aliphatic rings. The number of carbonyl (C=O) groups excluding carboxylic acids is 1. The topological polar surface area (TPSA) is 38.8 Å². The van der Waals surface area contributed by atoms with Crippen LogP contribution in [0.15, 0.2) is 42.5 Å². The van der Waals surface area contributed by atoms with Crippen molar-refractivity contribution < 1.29 is 14.3 Å². The Morgan fingerprint density at radius 2 is 1.65 bits per heavy atom. The van der Waals surface area contributed by atoms with Gasteiger partial charge in [-0.05, 0) is 36.6 Å². The molecule has 23 heavy (non-hydrogen) atoms. The van der Waals surface area contributed by atoms with Crippen LogP contribution in [0.3, 0.4) is 0 Å². The molecule has 0 spiro atoms. The number of nitrogens with zero attached hydrogens (tertiary/aromatic N) is 1. The van der Waals surface area contributed by atoms with E-state index in [4.69, 9.17) is 9.47 Å². The zero-order valence-electron chi connectivity index (χ0n) is 13.7. The van der Waals surface area contributed by atoms with E-state index in [1.54, 1.807) is 32.4 Å². The van der Waals surface area contributed by atoms with Gasteiger partial charge in [0.15, 0.2) is 0 Å². The summed E-state index contributed by atoms with van der Waals surface area (Å²) in [5.41, 5.74) is 3.13. The minimum absolute atomic E-state index is 0.00389. The predicted octanol–water partition coefficient (Wildman–Crippen LogP) is 3.29. The SMILES string of the molecule is COc1cc(OC)cc(C(=O)N2Cc3ccccc3CC2C)c1. The first-order valence-electron chi connectivity index (χ1n) is 7.73. The fourth-order valence-corrected chi connectivity index (χ4v) is 3.05. The quantitative estimate of drug-likeness (QED) is 0.873. The van der Waals surface area contributed by atoms with Crippen LogP contribution in [0.25, 0.3) is 0 Å². The number of methoxy groups -OCH3 is 2. The standard InChI is InChI=1S/C19H21NO3/c1-13-8-14-6-4-5-7-15(14)12-20(13)19(21)16-9-17(22-2)11-18(10-16)23-3/h4-7,9-11,13H,8,12H2,1-3H3. The van der Waals surface area contributed by atoms with Gasteiger partial charge >= 0.3 is 0 Å². The number of amides is 1. The van der Waals surface area contributed by atoms with E-state index in [0.29, 0.717) is 23.6 Å². The first-order valence-corrected chi connectivity index (χ1v) is 7.73. The summed E-state index contributed by atoms with van der Waals surface area (Å²) in [5.74, 6) is 1.25. The lowest BCUT2D eigenvalue weighted by atomic mass is 9.94. The maximum atomic E-state index is 13.0. The maximum Gasteiger partial charge on any atom is 0.254 e. The van der Waals surface area contributed by atoms with E-state index in [2.05, 4.69) is 25.1 Å². The van der Waals surface area contributed by atoms with Crippen molar-refractivity contribution in [1.82, 2.24) is 4.90 Å². The van der Waals surface area contributed by atoms with Gasteiger partial charge in [0.1, 0.15) is 11.5 Å². The molecule has 4 nitrogen and oxygen atoms in total. The molecule has 1 atom stereocenters. The second-order valence-electron chi connectivity index (χ2n) is 5.86. The Kier molecular flexibility index (Phi) is 4.24. The molecule has 0 aromatic heterocycles. The van der Waals surface area contributed by atoms with Gasteiger partial charge in [-0.15, -0.1) is 0 Å². The largest absolute Gasteiger partial charge is 0.497 e. The summed E-state index contributed by atoms with van der Waals surface area (Å²) in [6.45, 7) is 2.72. The van der Waals surface area contributed by atoms with Gasteiger partial charge in [-0.1, -0.05) is 24.3 Å². The Morgan fingerprint density at radius 1 is 1.04 bits per heavy atom. The Labute approximate surface area is 136 Å². The zero-order valence-corrected chi connectivity index (χ0v) is 13.7. The molecule has 0 aliphatic carbocycles. The highest BCUT2D eigenvalue weighted by molar-refractivity contribution is 5.95. The summed E-state index contributed by atoms with van der Waals surface area (Å²) in [5, 5.41) is 0. The molecule has 120 valence electrons. The molecular weight excluding hydrogens is 290 g/mol. The van der Waals surface area contributed by atoms with E-state index in [-0.39, 0.29) is 11.9 Å². The molecule has 0 fully saturated rings. The lowest BCUT2D eigenvalue weighted by Crippen LogP contribution is -2.42. The third-order valence-corrected chi connectivity index (χ3v) is 4.37. The summed E-state index contributed by atoms with van der Waals surface area (Å²) < 4.78 is 10.5. The van der Waals surface area contributed by atoms with Gasteiger partial charge in [0, 0.05) is 24.2 Å². The second-order valence-corrected chi connectivity index (χ2v) is 5.86. The molecule has 0 N–H and O–H groups in total. The van der Waals surface area contributed by atoms with Gasteiger partial charge in [0.2, 0.25) is 0 Å². The molecule has 0 saturated heterocycles. The Hall–Kier alpha value is -2.49. The molecule has 1 heterocycles. The van der Waals surface area contributed by atoms with Crippen LogP contribution >= 0.6 is 0 Å². The van der Waals surface area contributed by atoms with Crippen molar-refractivity contribution in [3.8, 4) is 11.5 Å². The van der Waals surface area contributed by atoms with Crippen molar-refractivity contribution in [3.05, 3.63) is 59.2 Å². The highest BCUT2D eigenvalue weighted by atomic mass is 16.5. The van der Waals surface area contributed by atoms with E-state index in [1.165, 1.54) is 11.1 Å². The molecule has 0 bridgehead atoms. The number of ether oxygens (including phenoxy) is 2. The van der Waals surface area contributed by atoms with Crippen LogP contribution in [0, 0.1) is 0 Å². The van der Waals surface area contributed by atoms with E-state index < -0.39 is 0 Å². The van der Waals surface area contributed by atoms with Crippen LogP contribution in [0.2, 0.25) is 0 Å². The van der Waals surface area contributed by atoms with Gasteiger partial charge in [0.25, 0.3) is 5.91 Å². The molecule has 3 rings (SSSR count). The second kappa shape index (κ2) is 6.32. The number of carbonyl (C=O) groups is 1. The predicted molar refractivity (Wildman–Crippen MR) is 89.0 cm³/mol. The van der Waals surface area contributed by atoms with Crippen molar-refractivity contribution in [2.24, 2.45) is 0 Å². The lowest BCUT2D eigenvalue weighted by Gasteiger charge is -2.35. The lowest BCUT2D eigenvalue weighted by molar-refractivity contribution is 0.0657. The Balaban J connectivity index is 1.91. The summed E-state index contributed by atoms with van der Waals surface area (Å²) in [6.07, 6.45) is 0.878. The highest BCUT2D eigenvalue weighted by Crippen LogP contribution is 2.28. The first kappa shape index (κ1) is 15.4. The molecule has 0 radical (unpaired) electrons. The minimum atomic E-state index is 0.00389. The average Bonchev–Trinajstić information content (AvgIpc) is 2.60. The van der Waals surface area contributed by atoms with Crippen LogP contribution in [0.4, 0.5) is 0 Å². The molecule has 2 aromatic rings.